The molecule has 0 atom stereocenters. The third kappa shape index (κ3) is 1.63. The van der Waals surface area contributed by atoms with Crippen molar-refractivity contribution in [3.05, 3.63) is 52.6 Å². The Morgan fingerprint density at radius 1 is 1.06 bits per heavy atom. The van der Waals surface area contributed by atoms with Crippen LogP contribution in [0.5, 0.6) is 0 Å². The van der Waals surface area contributed by atoms with Gasteiger partial charge in [-0.15, -0.1) is 0 Å². The first-order valence-electron chi connectivity index (χ1n) is 5.37. The lowest BCUT2D eigenvalue weighted by Crippen LogP contribution is -1.97. The van der Waals surface area contributed by atoms with E-state index >= 15 is 0 Å². The molecule has 0 aliphatic carbocycles. The van der Waals surface area contributed by atoms with Gasteiger partial charge in [0.05, 0.1) is 10.9 Å². The molecule has 0 unspecified atom stereocenters. The molecule has 2 heterocycles. The van der Waals surface area contributed by atoms with E-state index in [1.807, 2.05) is 37.3 Å². The van der Waals surface area contributed by atoms with Crippen molar-refractivity contribution < 1.29 is 0 Å². The van der Waals surface area contributed by atoms with E-state index in [9.17, 15) is 4.79 Å². The predicted molar refractivity (Wildman–Crippen MR) is 66.9 cm³/mol. The van der Waals surface area contributed by atoms with Crippen LogP contribution in [0.2, 0.25) is 0 Å². The third-order valence-electron chi connectivity index (χ3n) is 2.80. The first kappa shape index (κ1) is 9.84. The summed E-state index contributed by atoms with van der Waals surface area (Å²) in [5.41, 5.74) is 3.79. The number of aromatic amines is 2. The summed E-state index contributed by atoms with van der Waals surface area (Å²) >= 11 is 0. The van der Waals surface area contributed by atoms with Crippen molar-refractivity contribution in [3.8, 4) is 11.1 Å². The highest BCUT2D eigenvalue weighted by atomic mass is 16.1. The monoisotopic (exact) mass is 225 g/mol. The standard InChI is InChI=1S/C13H11N3O/c1-8-6-10(4-5-14-8)9-2-3-12-11(7-9)13(17)16-15-12/h2-7H,1H3,(H2,15,16,17). The van der Waals surface area contributed by atoms with Gasteiger partial charge in [0, 0.05) is 11.9 Å². The van der Waals surface area contributed by atoms with Crippen molar-refractivity contribution in [2.75, 3.05) is 0 Å². The van der Waals surface area contributed by atoms with Gasteiger partial charge in [-0.05, 0) is 42.3 Å². The zero-order valence-corrected chi connectivity index (χ0v) is 9.32. The summed E-state index contributed by atoms with van der Waals surface area (Å²) in [6.45, 7) is 1.95. The summed E-state index contributed by atoms with van der Waals surface area (Å²) in [5, 5.41) is 6.08. The van der Waals surface area contributed by atoms with Crippen LogP contribution in [0.25, 0.3) is 22.0 Å². The van der Waals surface area contributed by atoms with Crippen LogP contribution in [0, 0.1) is 6.92 Å². The molecule has 0 aliphatic heterocycles. The molecule has 2 N–H and O–H groups in total. The second-order valence-electron chi connectivity index (χ2n) is 4.03. The first-order valence-corrected chi connectivity index (χ1v) is 5.37. The molecular weight excluding hydrogens is 214 g/mol. The second-order valence-corrected chi connectivity index (χ2v) is 4.03. The Hall–Kier alpha value is -2.36. The van der Waals surface area contributed by atoms with E-state index in [1.54, 1.807) is 6.20 Å². The number of nitrogens with one attached hydrogen (secondary N) is 2. The lowest BCUT2D eigenvalue weighted by atomic mass is 10.0. The van der Waals surface area contributed by atoms with E-state index < -0.39 is 0 Å². The molecule has 1 aromatic carbocycles. The third-order valence-corrected chi connectivity index (χ3v) is 2.80. The van der Waals surface area contributed by atoms with E-state index in [0.29, 0.717) is 5.39 Å². The summed E-state index contributed by atoms with van der Waals surface area (Å²) in [5.74, 6) is 0. The van der Waals surface area contributed by atoms with Gasteiger partial charge in [-0.1, -0.05) is 6.07 Å². The van der Waals surface area contributed by atoms with Crippen LogP contribution in [-0.2, 0) is 0 Å². The number of nitrogens with zero attached hydrogens (tertiary/aromatic N) is 1. The number of hydrogen-bond donors (Lipinski definition) is 2. The zero-order valence-electron chi connectivity index (χ0n) is 9.32. The Balaban J connectivity index is 2.24. The number of pyridine rings is 1. The summed E-state index contributed by atoms with van der Waals surface area (Å²) in [6, 6.07) is 9.72. The lowest BCUT2D eigenvalue weighted by Gasteiger charge is -2.02. The van der Waals surface area contributed by atoms with Gasteiger partial charge in [-0.25, -0.2) is 0 Å². The number of benzene rings is 1. The predicted octanol–water partition coefficient (Wildman–Crippen LogP) is 2.23. The van der Waals surface area contributed by atoms with Gasteiger partial charge in [0.25, 0.3) is 5.56 Å². The number of aromatic nitrogens is 3. The molecule has 0 saturated carbocycles. The average molecular weight is 225 g/mol. The molecule has 0 aliphatic rings. The number of hydrogen-bond acceptors (Lipinski definition) is 2. The second kappa shape index (κ2) is 3.59. The van der Waals surface area contributed by atoms with E-state index in [1.165, 1.54) is 0 Å². The van der Waals surface area contributed by atoms with Gasteiger partial charge < -0.3 is 0 Å². The van der Waals surface area contributed by atoms with Crippen LogP contribution >= 0.6 is 0 Å². The Morgan fingerprint density at radius 3 is 2.71 bits per heavy atom. The van der Waals surface area contributed by atoms with Crippen LogP contribution in [0.3, 0.4) is 0 Å². The Bertz CT molecular complexity index is 740. The molecule has 0 radical (unpaired) electrons. The average Bonchev–Trinajstić information content (AvgIpc) is 2.71. The maximum absolute atomic E-state index is 11.5. The molecule has 4 nitrogen and oxygen atoms in total. The highest BCUT2D eigenvalue weighted by Gasteiger charge is 2.04. The van der Waals surface area contributed by atoms with Gasteiger partial charge >= 0.3 is 0 Å². The summed E-state index contributed by atoms with van der Waals surface area (Å²) in [6.07, 6.45) is 1.77. The van der Waals surface area contributed by atoms with Crippen LogP contribution in [0.15, 0.2) is 41.3 Å². The molecule has 0 fully saturated rings. The van der Waals surface area contributed by atoms with E-state index in [-0.39, 0.29) is 5.56 Å². The minimum Gasteiger partial charge on any atom is -0.298 e. The summed E-state index contributed by atoms with van der Waals surface area (Å²) < 4.78 is 0. The van der Waals surface area contributed by atoms with E-state index in [0.717, 1.165) is 22.3 Å². The maximum Gasteiger partial charge on any atom is 0.271 e. The van der Waals surface area contributed by atoms with Crippen LogP contribution < -0.4 is 5.56 Å². The largest absolute Gasteiger partial charge is 0.298 e. The fourth-order valence-electron chi connectivity index (χ4n) is 1.94. The summed E-state index contributed by atoms with van der Waals surface area (Å²) in [4.78, 5) is 15.7. The van der Waals surface area contributed by atoms with Gasteiger partial charge in [0.15, 0.2) is 0 Å². The van der Waals surface area contributed by atoms with Gasteiger partial charge in [-0.2, -0.15) is 0 Å². The van der Waals surface area contributed by atoms with Gasteiger partial charge in [-0.3, -0.25) is 20.0 Å². The Kier molecular flexibility index (Phi) is 2.08. The molecule has 3 rings (SSSR count). The first-order chi connectivity index (χ1) is 8.24. The Labute approximate surface area is 97.3 Å². The lowest BCUT2D eigenvalue weighted by molar-refractivity contribution is 1.08. The van der Waals surface area contributed by atoms with Crippen molar-refractivity contribution in [1.82, 2.24) is 15.2 Å². The van der Waals surface area contributed by atoms with Crippen molar-refractivity contribution in [2.24, 2.45) is 0 Å². The maximum atomic E-state index is 11.5. The Morgan fingerprint density at radius 2 is 1.88 bits per heavy atom. The van der Waals surface area contributed by atoms with Crippen LogP contribution in [0.4, 0.5) is 0 Å². The number of fused-ring (bicyclic) bond motifs is 1. The van der Waals surface area contributed by atoms with E-state index in [2.05, 4.69) is 15.2 Å². The fraction of sp³-hybridized carbons (Fsp3) is 0.0769. The fourth-order valence-corrected chi connectivity index (χ4v) is 1.94. The molecule has 0 bridgehead atoms. The van der Waals surface area contributed by atoms with Crippen LogP contribution in [0.1, 0.15) is 5.69 Å². The topological polar surface area (TPSA) is 61.5 Å². The normalized spacial score (nSPS) is 10.9. The SMILES string of the molecule is Cc1cc(-c2ccc3[nH][nH]c(=O)c3c2)ccn1. The highest BCUT2D eigenvalue weighted by Crippen LogP contribution is 2.22. The number of aryl methyl sites for hydroxylation is 1. The molecular formula is C13H11N3O. The van der Waals surface area contributed by atoms with Crippen molar-refractivity contribution in [2.45, 2.75) is 6.92 Å². The highest BCUT2D eigenvalue weighted by molar-refractivity contribution is 5.83. The number of H-pyrrole nitrogens is 2. The minimum absolute atomic E-state index is 0.0902. The van der Waals surface area contributed by atoms with Gasteiger partial charge in [0.2, 0.25) is 0 Å². The van der Waals surface area contributed by atoms with E-state index in [4.69, 9.17) is 0 Å². The summed E-state index contributed by atoms with van der Waals surface area (Å²) in [7, 11) is 0. The molecule has 0 saturated heterocycles. The smallest absolute Gasteiger partial charge is 0.271 e. The molecule has 2 aromatic heterocycles. The van der Waals surface area contributed by atoms with Crippen molar-refractivity contribution in [3.63, 3.8) is 0 Å². The number of rotatable bonds is 1. The molecule has 0 amide bonds. The minimum atomic E-state index is -0.0902. The van der Waals surface area contributed by atoms with Crippen molar-refractivity contribution >= 4 is 10.9 Å². The van der Waals surface area contributed by atoms with Gasteiger partial charge in [0.1, 0.15) is 0 Å². The molecule has 3 aromatic rings. The molecule has 84 valence electrons. The molecule has 4 heteroatoms. The zero-order chi connectivity index (χ0) is 11.8. The molecule has 17 heavy (non-hydrogen) atoms. The quantitative estimate of drug-likeness (QED) is 0.667. The molecule has 0 spiro atoms. The van der Waals surface area contributed by atoms with Crippen LogP contribution in [-0.4, -0.2) is 15.2 Å². The van der Waals surface area contributed by atoms with Crippen molar-refractivity contribution in [1.29, 1.82) is 0 Å².